The lowest BCUT2D eigenvalue weighted by molar-refractivity contribution is -0.140. The van der Waals surface area contributed by atoms with E-state index in [1.54, 1.807) is 6.20 Å². The van der Waals surface area contributed by atoms with Crippen molar-refractivity contribution < 1.29 is 32.0 Å². The lowest BCUT2D eigenvalue weighted by Gasteiger charge is -2.30. The number of hydrogen-bond donors (Lipinski definition) is 3. The number of anilines is 1. The maximum atomic E-state index is 14.4. The third kappa shape index (κ3) is 6.59. The highest BCUT2D eigenvalue weighted by Crippen LogP contribution is 2.45. The molecule has 0 unspecified atom stereocenters. The number of benzene rings is 1. The number of ether oxygens (including phenoxy) is 1. The number of rotatable bonds is 7. The topological polar surface area (TPSA) is 186 Å². The minimum absolute atomic E-state index is 0.0643. The number of nitrogens with zero attached hydrogens (tertiary/aromatic N) is 4. The molecule has 3 aromatic rings. The Morgan fingerprint density at radius 1 is 1.16 bits per heavy atom. The van der Waals surface area contributed by atoms with Crippen molar-refractivity contribution in [2.24, 2.45) is 11.8 Å². The van der Waals surface area contributed by atoms with Gasteiger partial charge in [-0.1, -0.05) is 37.2 Å². The molecular formula is C34H41N7O7S. The fourth-order valence-electron chi connectivity index (χ4n) is 6.83. The smallest absolute Gasteiger partial charge is 0.316 e. The highest BCUT2D eigenvalue weighted by atomic mass is 32.2. The van der Waals surface area contributed by atoms with Gasteiger partial charge in [0.1, 0.15) is 23.7 Å². The Labute approximate surface area is 284 Å². The summed E-state index contributed by atoms with van der Waals surface area (Å²) in [6.45, 7) is 7.58. The van der Waals surface area contributed by atoms with Crippen LogP contribution in [0.4, 0.5) is 6.01 Å². The average Bonchev–Trinajstić information content (AvgIpc) is 3.96. The van der Waals surface area contributed by atoms with E-state index in [4.69, 9.17) is 9.15 Å². The molecule has 49 heavy (non-hydrogen) atoms. The molecule has 3 fully saturated rings. The number of hydrogen-bond acceptors (Lipinski definition) is 11. The summed E-state index contributed by atoms with van der Waals surface area (Å²) in [5, 5.41) is 15.4. The molecule has 7 rings (SSSR count). The van der Waals surface area contributed by atoms with E-state index < -0.39 is 56.7 Å². The van der Waals surface area contributed by atoms with Crippen LogP contribution in [-0.4, -0.2) is 81.7 Å². The molecule has 2 aliphatic carbocycles. The molecule has 3 N–H and O–H groups in total. The molecule has 14 nitrogen and oxygen atoms in total. The van der Waals surface area contributed by atoms with Gasteiger partial charge in [-0.05, 0) is 67.5 Å². The first kappa shape index (κ1) is 33.0. The van der Waals surface area contributed by atoms with Crippen molar-refractivity contribution in [2.75, 3.05) is 11.9 Å². The van der Waals surface area contributed by atoms with Gasteiger partial charge in [0.2, 0.25) is 33.6 Å². The number of aromatic nitrogens is 3. The molecule has 0 radical (unpaired) electrons. The molecule has 15 heteroatoms. The molecule has 4 heterocycles. The maximum absolute atomic E-state index is 14.4. The highest BCUT2D eigenvalue weighted by Gasteiger charge is 2.62. The molecule has 260 valence electrons. The summed E-state index contributed by atoms with van der Waals surface area (Å²) in [7, 11) is -3.86. The van der Waals surface area contributed by atoms with Crippen LogP contribution in [0.1, 0.15) is 63.8 Å². The predicted molar refractivity (Wildman–Crippen MR) is 179 cm³/mol. The van der Waals surface area contributed by atoms with Gasteiger partial charge in [0.05, 0.1) is 11.8 Å². The Bertz CT molecular complexity index is 1910. The van der Waals surface area contributed by atoms with Crippen LogP contribution in [-0.2, 0) is 37.2 Å². The maximum Gasteiger partial charge on any atom is 0.316 e. The van der Waals surface area contributed by atoms with Crippen LogP contribution in [0.15, 0.2) is 47.5 Å². The van der Waals surface area contributed by atoms with Crippen molar-refractivity contribution in [3.05, 3.63) is 54.6 Å². The van der Waals surface area contributed by atoms with Crippen LogP contribution >= 0.6 is 0 Å². The summed E-state index contributed by atoms with van der Waals surface area (Å²) in [5.74, 6) is -1.63. The standard InChI is InChI=1S/C34H41N7O7S/c1-4-22-17-34(22,32(44)40-49(45,46)24-11-12-24)37-29(42)26-16-23-18-41(26)31(43)28(19(2)3)36-33-39-38-27(48-33)8-6-5-7-20-9-10-21-13-14-35-30(47-23)25(21)15-20/h4,9-10,13-15,19,22-24,26,28H,1,5-8,11-12,16-18H2,2-3H3,(H,36,39)(H,37,42)(H,40,44)/t22-,23+,26-,28-,34+/m0/s1. The fourth-order valence-corrected chi connectivity index (χ4v) is 8.20. The number of fused-ring (bicyclic) bond motifs is 5. The quantitative estimate of drug-likeness (QED) is 0.310. The third-order valence-corrected chi connectivity index (χ3v) is 11.8. The summed E-state index contributed by atoms with van der Waals surface area (Å²) in [5.41, 5.74) is -0.377. The van der Waals surface area contributed by atoms with Gasteiger partial charge in [-0.25, -0.2) is 13.4 Å². The average molecular weight is 692 g/mol. The lowest BCUT2D eigenvalue weighted by atomic mass is 10.0. The van der Waals surface area contributed by atoms with Gasteiger partial charge in [0, 0.05) is 30.3 Å². The monoisotopic (exact) mass is 691 g/mol. The zero-order valence-electron chi connectivity index (χ0n) is 27.6. The normalized spacial score (nSPS) is 27.2. The first-order valence-electron chi connectivity index (χ1n) is 16.9. The van der Waals surface area contributed by atoms with Crippen LogP contribution in [0.2, 0.25) is 0 Å². The van der Waals surface area contributed by atoms with Crippen molar-refractivity contribution in [2.45, 2.75) is 94.2 Å². The Morgan fingerprint density at radius 2 is 1.96 bits per heavy atom. The van der Waals surface area contributed by atoms with Crippen molar-refractivity contribution in [3.8, 4) is 5.88 Å². The van der Waals surface area contributed by atoms with Gasteiger partial charge in [0.15, 0.2) is 0 Å². The minimum Gasteiger partial charge on any atom is -0.472 e. The highest BCUT2D eigenvalue weighted by molar-refractivity contribution is 7.91. The van der Waals surface area contributed by atoms with E-state index in [-0.39, 0.29) is 37.2 Å². The number of sulfonamides is 1. The molecule has 6 bridgehead atoms. The number of carbonyl (C=O) groups is 3. The number of nitrogens with one attached hydrogen (secondary N) is 3. The molecule has 0 spiro atoms. The van der Waals surface area contributed by atoms with Gasteiger partial charge in [-0.2, -0.15) is 0 Å². The summed E-state index contributed by atoms with van der Waals surface area (Å²) in [6.07, 6.45) is 6.98. The van der Waals surface area contributed by atoms with E-state index in [1.165, 1.54) is 11.0 Å². The largest absolute Gasteiger partial charge is 0.472 e. The molecule has 1 saturated heterocycles. The minimum atomic E-state index is -3.86. The zero-order valence-corrected chi connectivity index (χ0v) is 28.4. The van der Waals surface area contributed by atoms with Gasteiger partial charge in [-0.15, -0.1) is 11.7 Å². The van der Waals surface area contributed by atoms with Gasteiger partial charge >= 0.3 is 6.01 Å². The second-order valence-corrected chi connectivity index (χ2v) is 15.9. The van der Waals surface area contributed by atoms with E-state index in [2.05, 4.69) is 49.2 Å². The summed E-state index contributed by atoms with van der Waals surface area (Å²) < 4.78 is 39.8. The summed E-state index contributed by atoms with van der Waals surface area (Å²) >= 11 is 0. The molecule has 2 saturated carbocycles. The van der Waals surface area contributed by atoms with E-state index >= 15 is 0 Å². The zero-order chi connectivity index (χ0) is 34.5. The van der Waals surface area contributed by atoms with Crippen LogP contribution in [0.3, 0.4) is 0 Å². The Hall–Kier alpha value is -4.53. The summed E-state index contributed by atoms with van der Waals surface area (Å²) in [6, 6.07) is 6.32. The van der Waals surface area contributed by atoms with Crippen LogP contribution < -0.4 is 20.1 Å². The van der Waals surface area contributed by atoms with Gasteiger partial charge < -0.3 is 24.7 Å². The van der Waals surface area contributed by atoms with Gasteiger partial charge in [-0.3, -0.25) is 19.1 Å². The Kier molecular flexibility index (Phi) is 8.57. The van der Waals surface area contributed by atoms with Crippen LogP contribution in [0, 0.1) is 11.8 Å². The molecule has 1 aromatic carbocycles. The molecule has 2 aromatic heterocycles. The molecule has 3 amide bonds. The van der Waals surface area contributed by atoms with E-state index in [0.29, 0.717) is 31.0 Å². The van der Waals surface area contributed by atoms with Crippen LogP contribution in [0.25, 0.3) is 10.8 Å². The number of amides is 3. The first-order chi connectivity index (χ1) is 23.5. The third-order valence-electron chi connectivity index (χ3n) is 9.95. The van der Waals surface area contributed by atoms with Crippen molar-refractivity contribution >= 4 is 44.5 Å². The molecule has 2 aliphatic heterocycles. The molecule has 4 aliphatic rings. The molecular weight excluding hydrogens is 650 g/mol. The number of aryl methyl sites for hydroxylation is 2. The number of carbonyl (C=O) groups excluding carboxylic acids is 3. The van der Waals surface area contributed by atoms with E-state index in [0.717, 1.165) is 35.6 Å². The second kappa shape index (κ2) is 12.7. The van der Waals surface area contributed by atoms with Gasteiger partial charge in [0.25, 0.3) is 5.91 Å². The fraction of sp³-hybridized carbons (Fsp3) is 0.529. The second-order valence-electron chi connectivity index (χ2n) is 13.9. The van der Waals surface area contributed by atoms with Crippen molar-refractivity contribution in [3.63, 3.8) is 0 Å². The SMILES string of the molecule is C=C[C@H]1C[C@]1(NC(=O)[C@@H]1C[C@@H]2CN1C(=O)[C@H](C(C)C)Nc1nnc(o1)CCCCc1ccc3ccnc(c3c1)O2)C(=O)NS(=O)(=O)C1CC1. The van der Waals surface area contributed by atoms with E-state index in [1.807, 2.05) is 26.0 Å². The van der Waals surface area contributed by atoms with Crippen LogP contribution in [0.5, 0.6) is 5.88 Å². The van der Waals surface area contributed by atoms with E-state index in [9.17, 15) is 22.8 Å². The molecule has 5 atom stereocenters. The van der Waals surface area contributed by atoms with Crippen molar-refractivity contribution in [1.82, 2.24) is 30.1 Å². The first-order valence-corrected chi connectivity index (χ1v) is 18.5. The van der Waals surface area contributed by atoms with Crippen molar-refractivity contribution in [1.29, 1.82) is 0 Å². The lowest BCUT2D eigenvalue weighted by Crippen LogP contribution is -2.58. The predicted octanol–water partition coefficient (Wildman–Crippen LogP) is 2.65. The summed E-state index contributed by atoms with van der Waals surface area (Å²) in [4.78, 5) is 48.0. The Morgan fingerprint density at radius 3 is 2.69 bits per heavy atom. The number of pyridine rings is 1. The Balaban J connectivity index is 1.21.